The number of nitrogens with one attached hydrogen (secondary N) is 2. The highest BCUT2D eigenvalue weighted by Crippen LogP contribution is 2.15. The van der Waals surface area contributed by atoms with Crippen LogP contribution in [0.2, 0.25) is 0 Å². The number of carbonyl (C=O) groups excluding carboxylic acids is 2. The van der Waals surface area contributed by atoms with E-state index < -0.39 is 12.6 Å². The van der Waals surface area contributed by atoms with Crippen LogP contribution in [0, 0.1) is 0 Å². The van der Waals surface area contributed by atoms with Crippen LogP contribution in [0.5, 0.6) is 0 Å². The summed E-state index contributed by atoms with van der Waals surface area (Å²) in [5.41, 5.74) is 0.452. The summed E-state index contributed by atoms with van der Waals surface area (Å²) in [7, 11) is 0. The Bertz CT molecular complexity index is 790. The van der Waals surface area contributed by atoms with E-state index in [2.05, 4.69) is 15.5 Å². The molecule has 0 aromatic heterocycles. The van der Waals surface area contributed by atoms with Crippen molar-refractivity contribution in [3.05, 3.63) is 48.0 Å². The molecule has 1 saturated heterocycles. The Kier molecular flexibility index (Phi) is 6.75. The molecular weight excluding hydrogens is 346 g/mol. The molecule has 1 atom stereocenters. The van der Waals surface area contributed by atoms with Gasteiger partial charge in [-0.25, -0.2) is 0 Å². The molecule has 1 heterocycles. The maximum absolute atomic E-state index is 12.5. The Morgan fingerprint density at radius 3 is 2.59 bits per heavy atom. The minimum Gasteiger partial charge on any atom is -0.394 e. The Morgan fingerprint density at radius 1 is 1.11 bits per heavy atom. The zero-order valence-corrected chi connectivity index (χ0v) is 15.2. The normalized spacial score (nSPS) is 16.0. The zero-order valence-electron chi connectivity index (χ0n) is 15.2. The number of aliphatic hydroxyl groups is 1. The molecule has 2 aromatic carbocycles. The van der Waals surface area contributed by atoms with Gasteiger partial charge in [-0.3, -0.25) is 14.5 Å². The lowest BCUT2D eigenvalue weighted by Crippen LogP contribution is -2.50. The SMILES string of the molecule is O=C(N[C@@H](CO)C(=O)NCCN1CCOCC1)c1ccc2ccccc2c1. The third kappa shape index (κ3) is 5.26. The molecule has 144 valence electrons. The zero-order chi connectivity index (χ0) is 19.1. The van der Waals surface area contributed by atoms with Crippen molar-refractivity contribution in [3.8, 4) is 0 Å². The first-order valence-corrected chi connectivity index (χ1v) is 9.16. The van der Waals surface area contributed by atoms with E-state index in [1.54, 1.807) is 12.1 Å². The number of morpholine rings is 1. The van der Waals surface area contributed by atoms with Crippen LogP contribution in [-0.4, -0.2) is 73.9 Å². The van der Waals surface area contributed by atoms with E-state index in [1.807, 2.05) is 30.3 Å². The van der Waals surface area contributed by atoms with Gasteiger partial charge in [-0.1, -0.05) is 30.3 Å². The number of carbonyl (C=O) groups is 2. The topological polar surface area (TPSA) is 90.9 Å². The molecule has 27 heavy (non-hydrogen) atoms. The minimum absolute atomic E-state index is 0.386. The van der Waals surface area contributed by atoms with E-state index in [9.17, 15) is 14.7 Å². The first-order chi connectivity index (χ1) is 13.2. The summed E-state index contributed by atoms with van der Waals surface area (Å²) in [6, 6.07) is 12.1. The second-order valence-electron chi connectivity index (χ2n) is 6.52. The highest BCUT2D eigenvalue weighted by molar-refractivity contribution is 6.00. The van der Waals surface area contributed by atoms with Crippen LogP contribution in [0.15, 0.2) is 42.5 Å². The molecule has 1 aliphatic heterocycles. The van der Waals surface area contributed by atoms with Crippen LogP contribution < -0.4 is 10.6 Å². The molecule has 0 saturated carbocycles. The molecule has 1 aliphatic rings. The maximum atomic E-state index is 12.5. The third-order valence-electron chi connectivity index (χ3n) is 4.65. The van der Waals surface area contributed by atoms with Gasteiger partial charge in [0.2, 0.25) is 5.91 Å². The summed E-state index contributed by atoms with van der Waals surface area (Å²) >= 11 is 0. The van der Waals surface area contributed by atoms with E-state index in [4.69, 9.17) is 4.74 Å². The summed E-state index contributed by atoms with van der Waals surface area (Å²) < 4.78 is 5.29. The molecule has 3 N–H and O–H groups in total. The number of fused-ring (bicyclic) bond motifs is 1. The molecule has 2 aromatic rings. The predicted molar refractivity (Wildman–Crippen MR) is 103 cm³/mol. The van der Waals surface area contributed by atoms with Crippen LogP contribution in [0.25, 0.3) is 10.8 Å². The number of nitrogens with zero attached hydrogens (tertiary/aromatic N) is 1. The summed E-state index contributed by atoms with van der Waals surface area (Å²) in [5, 5.41) is 16.9. The fourth-order valence-corrected chi connectivity index (χ4v) is 3.05. The van der Waals surface area contributed by atoms with Crippen molar-refractivity contribution in [2.45, 2.75) is 6.04 Å². The van der Waals surface area contributed by atoms with Crippen molar-refractivity contribution in [2.75, 3.05) is 46.0 Å². The average Bonchev–Trinajstić information content (AvgIpc) is 2.72. The fourth-order valence-electron chi connectivity index (χ4n) is 3.05. The van der Waals surface area contributed by atoms with Crippen molar-refractivity contribution >= 4 is 22.6 Å². The molecule has 0 spiro atoms. The van der Waals surface area contributed by atoms with Gasteiger partial charge in [0, 0.05) is 31.7 Å². The van der Waals surface area contributed by atoms with Gasteiger partial charge in [-0.05, 0) is 22.9 Å². The van der Waals surface area contributed by atoms with Gasteiger partial charge in [0.25, 0.3) is 5.91 Å². The second kappa shape index (κ2) is 9.45. The van der Waals surface area contributed by atoms with Crippen molar-refractivity contribution in [2.24, 2.45) is 0 Å². The standard InChI is InChI=1S/C20H25N3O4/c24-14-18(20(26)21-7-8-23-9-11-27-12-10-23)22-19(25)17-6-5-15-3-1-2-4-16(15)13-17/h1-6,13,18,24H,7-12,14H2,(H,21,26)(H,22,25)/t18-/m0/s1. The van der Waals surface area contributed by atoms with Crippen LogP contribution in [0.4, 0.5) is 0 Å². The number of amides is 2. The Hall–Kier alpha value is -2.48. The minimum atomic E-state index is -0.978. The fraction of sp³-hybridized carbons (Fsp3) is 0.400. The summed E-state index contributed by atoms with van der Waals surface area (Å²) in [5.74, 6) is -0.775. The Balaban J connectivity index is 1.52. The van der Waals surface area contributed by atoms with E-state index in [0.717, 1.165) is 23.9 Å². The monoisotopic (exact) mass is 371 g/mol. The first kappa shape index (κ1) is 19.3. The number of rotatable bonds is 7. The van der Waals surface area contributed by atoms with E-state index >= 15 is 0 Å². The smallest absolute Gasteiger partial charge is 0.252 e. The molecule has 0 radical (unpaired) electrons. The van der Waals surface area contributed by atoms with E-state index in [-0.39, 0.29) is 11.8 Å². The molecule has 3 rings (SSSR count). The molecule has 7 nitrogen and oxygen atoms in total. The highest BCUT2D eigenvalue weighted by atomic mass is 16.5. The Labute approximate surface area is 158 Å². The predicted octanol–water partition coefficient (Wildman–Crippen LogP) is 0.379. The number of benzene rings is 2. The lowest BCUT2D eigenvalue weighted by atomic mass is 10.1. The largest absolute Gasteiger partial charge is 0.394 e. The summed E-state index contributed by atoms with van der Waals surface area (Å²) in [4.78, 5) is 26.9. The van der Waals surface area contributed by atoms with E-state index in [0.29, 0.717) is 31.9 Å². The van der Waals surface area contributed by atoms with Crippen molar-refractivity contribution in [3.63, 3.8) is 0 Å². The van der Waals surface area contributed by atoms with Crippen molar-refractivity contribution < 1.29 is 19.4 Å². The molecule has 0 bridgehead atoms. The molecule has 0 unspecified atom stereocenters. The quantitative estimate of drug-likeness (QED) is 0.655. The van der Waals surface area contributed by atoms with Gasteiger partial charge in [0.15, 0.2) is 0 Å². The number of ether oxygens (including phenoxy) is 1. The molecular formula is C20H25N3O4. The van der Waals surface area contributed by atoms with Crippen LogP contribution >= 0.6 is 0 Å². The van der Waals surface area contributed by atoms with Gasteiger partial charge >= 0.3 is 0 Å². The van der Waals surface area contributed by atoms with Gasteiger partial charge in [0.1, 0.15) is 6.04 Å². The van der Waals surface area contributed by atoms with Crippen molar-refractivity contribution in [1.82, 2.24) is 15.5 Å². The number of hydrogen-bond acceptors (Lipinski definition) is 5. The second-order valence-corrected chi connectivity index (χ2v) is 6.52. The molecule has 1 fully saturated rings. The average molecular weight is 371 g/mol. The lowest BCUT2D eigenvalue weighted by molar-refractivity contribution is -0.123. The van der Waals surface area contributed by atoms with Crippen molar-refractivity contribution in [1.29, 1.82) is 0 Å². The Morgan fingerprint density at radius 2 is 1.85 bits per heavy atom. The van der Waals surface area contributed by atoms with Gasteiger partial charge in [-0.15, -0.1) is 0 Å². The van der Waals surface area contributed by atoms with E-state index in [1.165, 1.54) is 0 Å². The summed E-state index contributed by atoms with van der Waals surface area (Å²) in [6.45, 7) is 3.82. The molecule has 2 amide bonds. The third-order valence-corrected chi connectivity index (χ3v) is 4.65. The molecule has 0 aliphatic carbocycles. The number of hydrogen-bond donors (Lipinski definition) is 3. The van der Waals surface area contributed by atoms with Crippen LogP contribution in [0.3, 0.4) is 0 Å². The summed E-state index contributed by atoms with van der Waals surface area (Å²) in [6.07, 6.45) is 0. The first-order valence-electron chi connectivity index (χ1n) is 9.16. The van der Waals surface area contributed by atoms with Crippen LogP contribution in [0.1, 0.15) is 10.4 Å². The highest BCUT2D eigenvalue weighted by Gasteiger charge is 2.21. The lowest BCUT2D eigenvalue weighted by Gasteiger charge is -2.26. The maximum Gasteiger partial charge on any atom is 0.252 e. The van der Waals surface area contributed by atoms with Gasteiger partial charge < -0.3 is 20.5 Å². The molecule has 7 heteroatoms. The number of aliphatic hydroxyl groups excluding tert-OH is 1. The van der Waals surface area contributed by atoms with Gasteiger partial charge in [-0.2, -0.15) is 0 Å². The van der Waals surface area contributed by atoms with Crippen LogP contribution in [-0.2, 0) is 9.53 Å². The van der Waals surface area contributed by atoms with Gasteiger partial charge in [0.05, 0.1) is 19.8 Å².